The van der Waals surface area contributed by atoms with Crippen LogP contribution in [0.5, 0.6) is 0 Å². The highest BCUT2D eigenvalue weighted by Crippen LogP contribution is 2.24. The minimum absolute atomic E-state index is 0.537. The first kappa shape index (κ1) is 15.4. The van der Waals surface area contributed by atoms with Crippen LogP contribution in [0.2, 0.25) is 0 Å². The monoisotopic (exact) mass is 266 g/mol. The summed E-state index contributed by atoms with van der Waals surface area (Å²) in [5.74, 6) is 1.16. The van der Waals surface area contributed by atoms with Crippen molar-refractivity contribution in [2.45, 2.75) is 37.8 Å². The van der Waals surface area contributed by atoms with E-state index in [1.54, 1.807) is 0 Å². The molecule has 0 aliphatic carbocycles. The maximum Gasteiger partial charge on any atom is 0.0341 e. The fourth-order valence-corrected chi connectivity index (χ4v) is 2.60. The van der Waals surface area contributed by atoms with Gasteiger partial charge in [0.25, 0.3) is 0 Å². The molecule has 102 valence electrons. The van der Waals surface area contributed by atoms with Crippen molar-refractivity contribution in [3.8, 4) is 0 Å². The van der Waals surface area contributed by atoms with Crippen molar-refractivity contribution in [2.75, 3.05) is 18.4 Å². The van der Waals surface area contributed by atoms with Gasteiger partial charge in [0.05, 0.1) is 0 Å². The topological polar surface area (TPSA) is 38.0 Å². The zero-order chi connectivity index (χ0) is 13.5. The van der Waals surface area contributed by atoms with Crippen molar-refractivity contribution < 1.29 is 0 Å². The van der Waals surface area contributed by atoms with Gasteiger partial charge in [-0.1, -0.05) is 27.7 Å². The van der Waals surface area contributed by atoms with Gasteiger partial charge in [0.2, 0.25) is 0 Å². The molecule has 3 heteroatoms. The van der Waals surface area contributed by atoms with Gasteiger partial charge in [0, 0.05) is 22.4 Å². The van der Waals surface area contributed by atoms with Crippen molar-refractivity contribution in [3.63, 3.8) is 0 Å². The van der Waals surface area contributed by atoms with Crippen LogP contribution in [-0.2, 0) is 0 Å². The fourth-order valence-electron chi connectivity index (χ4n) is 1.76. The third kappa shape index (κ3) is 5.32. The fraction of sp³-hybridized carbons (Fsp3) is 0.600. The molecule has 0 heterocycles. The van der Waals surface area contributed by atoms with Gasteiger partial charge in [-0.15, -0.1) is 11.8 Å². The van der Waals surface area contributed by atoms with Gasteiger partial charge in [0.15, 0.2) is 0 Å². The lowest BCUT2D eigenvalue weighted by Crippen LogP contribution is -2.27. The number of rotatable bonds is 7. The van der Waals surface area contributed by atoms with E-state index in [4.69, 9.17) is 5.73 Å². The van der Waals surface area contributed by atoms with E-state index in [2.05, 4.69) is 57.3 Å². The Bertz CT molecular complexity index is 333. The molecule has 0 fully saturated rings. The first-order valence-corrected chi connectivity index (χ1v) is 7.61. The zero-order valence-corrected chi connectivity index (χ0v) is 12.8. The zero-order valence-electron chi connectivity index (χ0n) is 11.9. The van der Waals surface area contributed by atoms with E-state index >= 15 is 0 Å². The second-order valence-corrected chi connectivity index (χ2v) is 6.96. The van der Waals surface area contributed by atoms with Crippen molar-refractivity contribution in [2.24, 2.45) is 17.6 Å². The SMILES string of the molecule is CC(C)Sc1ccc(NCC(CN)C(C)C)cc1. The summed E-state index contributed by atoms with van der Waals surface area (Å²) in [4.78, 5) is 1.33. The molecule has 0 radical (unpaired) electrons. The van der Waals surface area contributed by atoms with Crippen LogP contribution in [0.3, 0.4) is 0 Å². The Hall–Kier alpha value is -0.670. The summed E-state index contributed by atoms with van der Waals surface area (Å²) in [5.41, 5.74) is 6.96. The average Bonchev–Trinajstić information content (AvgIpc) is 2.31. The summed E-state index contributed by atoms with van der Waals surface area (Å²) in [6.07, 6.45) is 0. The van der Waals surface area contributed by atoms with Crippen LogP contribution in [0, 0.1) is 11.8 Å². The third-order valence-electron chi connectivity index (χ3n) is 3.04. The highest BCUT2D eigenvalue weighted by atomic mass is 32.2. The average molecular weight is 266 g/mol. The van der Waals surface area contributed by atoms with Crippen molar-refractivity contribution >= 4 is 17.4 Å². The first-order chi connectivity index (χ1) is 8.52. The number of nitrogens with one attached hydrogen (secondary N) is 1. The molecule has 0 saturated heterocycles. The predicted octanol–water partition coefficient (Wildman–Crippen LogP) is 3.83. The number of anilines is 1. The van der Waals surface area contributed by atoms with E-state index in [1.807, 2.05) is 11.8 Å². The Labute approximate surface area is 116 Å². The molecule has 1 aromatic carbocycles. The molecule has 18 heavy (non-hydrogen) atoms. The number of hydrogen-bond donors (Lipinski definition) is 2. The molecular formula is C15H26N2S. The van der Waals surface area contributed by atoms with E-state index in [9.17, 15) is 0 Å². The standard InChI is InChI=1S/C15H26N2S/c1-11(2)13(9-16)10-17-14-5-7-15(8-6-14)18-12(3)4/h5-8,11-13,17H,9-10,16H2,1-4H3. The molecule has 1 aromatic rings. The highest BCUT2D eigenvalue weighted by Gasteiger charge is 2.10. The van der Waals surface area contributed by atoms with Crippen LogP contribution in [0.25, 0.3) is 0 Å². The molecule has 0 amide bonds. The van der Waals surface area contributed by atoms with Gasteiger partial charge < -0.3 is 11.1 Å². The molecular weight excluding hydrogens is 240 g/mol. The Morgan fingerprint density at radius 3 is 2.17 bits per heavy atom. The van der Waals surface area contributed by atoms with Gasteiger partial charge in [-0.25, -0.2) is 0 Å². The quantitative estimate of drug-likeness (QED) is 0.737. The molecule has 3 N–H and O–H groups in total. The normalized spacial score (nSPS) is 13.1. The Balaban J connectivity index is 2.48. The smallest absolute Gasteiger partial charge is 0.0341 e. The van der Waals surface area contributed by atoms with Crippen LogP contribution < -0.4 is 11.1 Å². The van der Waals surface area contributed by atoms with Crippen LogP contribution in [0.1, 0.15) is 27.7 Å². The third-order valence-corrected chi connectivity index (χ3v) is 4.06. The summed E-state index contributed by atoms with van der Waals surface area (Å²) < 4.78 is 0. The second kappa shape index (κ2) is 7.70. The number of nitrogens with two attached hydrogens (primary N) is 1. The maximum atomic E-state index is 5.77. The highest BCUT2D eigenvalue weighted by molar-refractivity contribution is 7.99. The largest absolute Gasteiger partial charge is 0.385 e. The van der Waals surface area contributed by atoms with Crippen LogP contribution >= 0.6 is 11.8 Å². The van der Waals surface area contributed by atoms with Crippen molar-refractivity contribution in [1.29, 1.82) is 0 Å². The second-order valence-electron chi connectivity index (χ2n) is 5.31. The van der Waals surface area contributed by atoms with E-state index in [1.165, 1.54) is 10.6 Å². The number of hydrogen-bond acceptors (Lipinski definition) is 3. The molecule has 0 saturated carbocycles. The molecule has 0 bridgehead atoms. The number of thioether (sulfide) groups is 1. The molecule has 1 atom stereocenters. The lowest BCUT2D eigenvalue weighted by atomic mass is 9.96. The molecule has 2 nitrogen and oxygen atoms in total. The van der Waals surface area contributed by atoms with Gasteiger partial charge in [-0.3, -0.25) is 0 Å². The summed E-state index contributed by atoms with van der Waals surface area (Å²) in [6, 6.07) is 8.66. The molecule has 0 aromatic heterocycles. The molecule has 0 aliphatic rings. The number of benzene rings is 1. The Morgan fingerprint density at radius 2 is 1.72 bits per heavy atom. The van der Waals surface area contributed by atoms with Gasteiger partial charge in [0.1, 0.15) is 0 Å². The lowest BCUT2D eigenvalue weighted by Gasteiger charge is -2.20. The minimum Gasteiger partial charge on any atom is -0.385 e. The minimum atomic E-state index is 0.537. The molecule has 0 spiro atoms. The first-order valence-electron chi connectivity index (χ1n) is 6.73. The molecule has 1 unspecified atom stereocenters. The van der Waals surface area contributed by atoms with E-state index in [-0.39, 0.29) is 0 Å². The van der Waals surface area contributed by atoms with Crippen molar-refractivity contribution in [3.05, 3.63) is 24.3 Å². The summed E-state index contributed by atoms with van der Waals surface area (Å²) >= 11 is 1.89. The van der Waals surface area contributed by atoms with Gasteiger partial charge in [-0.05, 0) is 42.6 Å². The summed E-state index contributed by atoms with van der Waals surface area (Å²) in [6.45, 7) is 10.6. The van der Waals surface area contributed by atoms with Crippen LogP contribution in [0.15, 0.2) is 29.2 Å². The Morgan fingerprint density at radius 1 is 1.11 bits per heavy atom. The van der Waals surface area contributed by atoms with E-state index in [0.717, 1.165) is 13.1 Å². The van der Waals surface area contributed by atoms with Crippen molar-refractivity contribution in [1.82, 2.24) is 0 Å². The summed E-state index contributed by atoms with van der Waals surface area (Å²) in [5, 5.41) is 4.10. The molecule has 0 aliphatic heterocycles. The maximum absolute atomic E-state index is 5.77. The van der Waals surface area contributed by atoms with E-state index < -0.39 is 0 Å². The van der Waals surface area contributed by atoms with Gasteiger partial charge >= 0.3 is 0 Å². The lowest BCUT2D eigenvalue weighted by molar-refractivity contribution is 0.413. The van der Waals surface area contributed by atoms with Gasteiger partial charge in [-0.2, -0.15) is 0 Å². The van der Waals surface area contributed by atoms with Crippen LogP contribution in [-0.4, -0.2) is 18.3 Å². The molecule has 1 rings (SSSR count). The Kier molecular flexibility index (Phi) is 6.58. The summed E-state index contributed by atoms with van der Waals surface area (Å²) in [7, 11) is 0. The van der Waals surface area contributed by atoms with Crippen LogP contribution in [0.4, 0.5) is 5.69 Å². The predicted molar refractivity (Wildman–Crippen MR) is 83.3 cm³/mol. The van der Waals surface area contributed by atoms with E-state index in [0.29, 0.717) is 17.1 Å².